The standard InChI is InChI=1S/C20H20N2O2/c1-14-3-6-17(13-15(14)2)19(23)9-10-20(24)22-18-7-4-16(5-8-18)11-12-21/h3-8,13H,9-11H2,1-2H3,(H,22,24). The van der Waals surface area contributed by atoms with Crippen molar-refractivity contribution in [2.24, 2.45) is 0 Å². The normalized spacial score (nSPS) is 10.0. The van der Waals surface area contributed by atoms with Gasteiger partial charge in [0.25, 0.3) is 0 Å². The van der Waals surface area contributed by atoms with Crippen LogP contribution < -0.4 is 5.32 Å². The molecule has 0 unspecified atom stereocenters. The number of carbonyl (C=O) groups is 2. The first-order valence-electron chi connectivity index (χ1n) is 7.86. The Kier molecular flexibility index (Phi) is 5.86. The van der Waals surface area contributed by atoms with Crippen molar-refractivity contribution in [1.82, 2.24) is 0 Å². The molecule has 4 nitrogen and oxygen atoms in total. The Labute approximate surface area is 142 Å². The summed E-state index contributed by atoms with van der Waals surface area (Å²) in [4.78, 5) is 24.1. The SMILES string of the molecule is Cc1ccc(C(=O)CCC(=O)Nc2ccc(CC#N)cc2)cc1C. The number of benzene rings is 2. The quantitative estimate of drug-likeness (QED) is 0.819. The predicted octanol–water partition coefficient (Wildman–Crippen LogP) is 3.97. The van der Waals surface area contributed by atoms with E-state index in [1.54, 1.807) is 30.3 Å². The van der Waals surface area contributed by atoms with Crippen molar-refractivity contribution in [3.63, 3.8) is 0 Å². The highest BCUT2D eigenvalue weighted by Crippen LogP contribution is 2.14. The van der Waals surface area contributed by atoms with Gasteiger partial charge in [-0.05, 0) is 48.7 Å². The summed E-state index contributed by atoms with van der Waals surface area (Å²) < 4.78 is 0. The molecule has 1 N–H and O–H groups in total. The molecule has 0 heterocycles. The van der Waals surface area contributed by atoms with Crippen molar-refractivity contribution in [3.8, 4) is 6.07 Å². The van der Waals surface area contributed by atoms with Gasteiger partial charge in [0.15, 0.2) is 5.78 Å². The number of nitriles is 1. The van der Waals surface area contributed by atoms with Gasteiger partial charge in [0, 0.05) is 24.1 Å². The van der Waals surface area contributed by atoms with Gasteiger partial charge in [-0.2, -0.15) is 5.26 Å². The van der Waals surface area contributed by atoms with E-state index < -0.39 is 0 Å². The van der Waals surface area contributed by atoms with Crippen LogP contribution in [0.2, 0.25) is 0 Å². The fourth-order valence-corrected chi connectivity index (χ4v) is 2.31. The summed E-state index contributed by atoms with van der Waals surface area (Å²) in [5, 5.41) is 11.4. The fraction of sp³-hybridized carbons (Fsp3) is 0.250. The zero-order valence-corrected chi connectivity index (χ0v) is 13.9. The number of Topliss-reactive ketones (excluding diaryl/α,β-unsaturated/α-hetero) is 1. The van der Waals surface area contributed by atoms with E-state index in [1.807, 2.05) is 26.0 Å². The predicted molar refractivity (Wildman–Crippen MR) is 93.9 cm³/mol. The lowest BCUT2D eigenvalue weighted by Gasteiger charge is -2.07. The summed E-state index contributed by atoms with van der Waals surface area (Å²) in [6.45, 7) is 3.97. The van der Waals surface area contributed by atoms with E-state index in [1.165, 1.54) is 0 Å². The molecule has 0 aromatic heterocycles. The maximum Gasteiger partial charge on any atom is 0.224 e. The van der Waals surface area contributed by atoms with Crippen molar-refractivity contribution in [2.75, 3.05) is 5.32 Å². The minimum Gasteiger partial charge on any atom is -0.326 e. The molecule has 2 aromatic rings. The summed E-state index contributed by atoms with van der Waals surface area (Å²) >= 11 is 0. The molecule has 0 spiro atoms. The Morgan fingerprint density at radius 1 is 1.00 bits per heavy atom. The number of rotatable bonds is 6. The largest absolute Gasteiger partial charge is 0.326 e. The minimum absolute atomic E-state index is 0.0300. The number of hydrogen-bond acceptors (Lipinski definition) is 3. The number of carbonyl (C=O) groups excluding carboxylic acids is 2. The van der Waals surface area contributed by atoms with Crippen LogP contribution in [-0.2, 0) is 11.2 Å². The molecule has 0 aliphatic heterocycles. The molecular formula is C20H20N2O2. The topological polar surface area (TPSA) is 70.0 Å². The van der Waals surface area contributed by atoms with E-state index in [9.17, 15) is 9.59 Å². The maximum atomic E-state index is 12.2. The number of amides is 1. The Morgan fingerprint density at radius 2 is 1.71 bits per heavy atom. The summed E-state index contributed by atoms with van der Waals surface area (Å²) in [5.74, 6) is -0.224. The number of anilines is 1. The van der Waals surface area contributed by atoms with Crippen molar-refractivity contribution in [2.45, 2.75) is 33.1 Å². The highest BCUT2D eigenvalue weighted by molar-refractivity contribution is 6.00. The molecule has 2 aromatic carbocycles. The average molecular weight is 320 g/mol. The smallest absolute Gasteiger partial charge is 0.224 e. The van der Waals surface area contributed by atoms with Crippen LogP contribution in [0.25, 0.3) is 0 Å². The molecule has 0 aliphatic carbocycles. The van der Waals surface area contributed by atoms with Gasteiger partial charge in [-0.3, -0.25) is 9.59 Å². The van der Waals surface area contributed by atoms with Gasteiger partial charge in [-0.25, -0.2) is 0 Å². The van der Waals surface area contributed by atoms with Crippen LogP contribution in [0.3, 0.4) is 0 Å². The number of aryl methyl sites for hydroxylation is 2. The van der Waals surface area contributed by atoms with Gasteiger partial charge < -0.3 is 5.32 Å². The molecule has 2 rings (SSSR count). The lowest BCUT2D eigenvalue weighted by atomic mass is 10.0. The fourth-order valence-electron chi connectivity index (χ4n) is 2.31. The Morgan fingerprint density at radius 3 is 2.33 bits per heavy atom. The Hall–Kier alpha value is -2.93. The molecule has 4 heteroatoms. The lowest BCUT2D eigenvalue weighted by molar-refractivity contribution is -0.116. The first-order chi connectivity index (χ1) is 11.5. The second-order valence-electron chi connectivity index (χ2n) is 5.80. The van der Waals surface area contributed by atoms with Crippen LogP contribution in [0.1, 0.15) is 39.9 Å². The van der Waals surface area contributed by atoms with E-state index >= 15 is 0 Å². The summed E-state index contributed by atoms with van der Waals surface area (Å²) in [5.41, 5.74) is 4.43. The average Bonchev–Trinajstić information content (AvgIpc) is 2.57. The van der Waals surface area contributed by atoms with Gasteiger partial charge in [0.2, 0.25) is 5.91 Å². The van der Waals surface area contributed by atoms with Crippen LogP contribution in [0.5, 0.6) is 0 Å². The van der Waals surface area contributed by atoms with Crippen LogP contribution in [0.15, 0.2) is 42.5 Å². The minimum atomic E-state index is -0.194. The van der Waals surface area contributed by atoms with Gasteiger partial charge in [0.1, 0.15) is 0 Å². The van der Waals surface area contributed by atoms with Gasteiger partial charge in [-0.15, -0.1) is 0 Å². The first-order valence-corrected chi connectivity index (χ1v) is 7.86. The summed E-state index contributed by atoms with van der Waals surface area (Å²) in [7, 11) is 0. The van der Waals surface area contributed by atoms with Crippen molar-refractivity contribution < 1.29 is 9.59 Å². The zero-order chi connectivity index (χ0) is 17.5. The summed E-state index contributed by atoms with van der Waals surface area (Å²) in [6.07, 6.45) is 0.672. The molecule has 122 valence electrons. The van der Waals surface area contributed by atoms with E-state index in [0.717, 1.165) is 16.7 Å². The molecule has 1 amide bonds. The molecule has 0 radical (unpaired) electrons. The second kappa shape index (κ2) is 8.07. The highest BCUT2D eigenvalue weighted by Gasteiger charge is 2.10. The molecule has 0 saturated heterocycles. The van der Waals surface area contributed by atoms with Gasteiger partial charge >= 0.3 is 0 Å². The zero-order valence-electron chi connectivity index (χ0n) is 13.9. The number of hydrogen-bond donors (Lipinski definition) is 1. The van der Waals surface area contributed by atoms with Crippen LogP contribution in [0.4, 0.5) is 5.69 Å². The van der Waals surface area contributed by atoms with Crippen LogP contribution >= 0.6 is 0 Å². The van der Waals surface area contributed by atoms with Gasteiger partial charge in [0.05, 0.1) is 12.5 Å². The molecule has 24 heavy (non-hydrogen) atoms. The molecule has 0 atom stereocenters. The van der Waals surface area contributed by atoms with E-state index in [4.69, 9.17) is 5.26 Å². The maximum absolute atomic E-state index is 12.2. The monoisotopic (exact) mass is 320 g/mol. The summed E-state index contributed by atoms with van der Waals surface area (Å²) in [6, 6.07) is 14.8. The van der Waals surface area contributed by atoms with Crippen molar-refractivity contribution in [1.29, 1.82) is 5.26 Å². The second-order valence-corrected chi connectivity index (χ2v) is 5.80. The molecule has 0 fully saturated rings. The molecule has 0 bridgehead atoms. The third-order valence-electron chi connectivity index (χ3n) is 3.93. The van der Waals surface area contributed by atoms with Crippen molar-refractivity contribution >= 4 is 17.4 Å². The lowest BCUT2D eigenvalue weighted by Crippen LogP contribution is -2.13. The molecule has 0 aliphatic rings. The number of ketones is 1. The molecule has 0 saturated carbocycles. The van der Waals surface area contributed by atoms with Crippen molar-refractivity contribution in [3.05, 3.63) is 64.7 Å². The highest BCUT2D eigenvalue weighted by atomic mass is 16.2. The van der Waals surface area contributed by atoms with E-state index in [2.05, 4.69) is 11.4 Å². The van der Waals surface area contributed by atoms with Crippen LogP contribution in [0, 0.1) is 25.2 Å². The number of nitrogens with zero attached hydrogens (tertiary/aromatic N) is 1. The van der Waals surface area contributed by atoms with E-state index in [0.29, 0.717) is 17.7 Å². The number of nitrogens with one attached hydrogen (secondary N) is 1. The third kappa shape index (κ3) is 4.79. The third-order valence-corrected chi connectivity index (χ3v) is 3.93. The molecular weight excluding hydrogens is 300 g/mol. The Balaban J connectivity index is 1.87. The first kappa shape index (κ1) is 17.4. The van der Waals surface area contributed by atoms with Crippen LogP contribution in [-0.4, -0.2) is 11.7 Å². The van der Waals surface area contributed by atoms with E-state index in [-0.39, 0.29) is 24.5 Å². The Bertz CT molecular complexity index is 786. The van der Waals surface area contributed by atoms with Gasteiger partial charge in [-0.1, -0.05) is 24.3 Å².